The maximum Gasteiger partial charge on any atom is 0.350 e. The van der Waals surface area contributed by atoms with Gasteiger partial charge in [0, 0.05) is 18.0 Å². The van der Waals surface area contributed by atoms with Crippen molar-refractivity contribution in [3.05, 3.63) is 124 Å². The molecule has 42 heavy (non-hydrogen) atoms. The van der Waals surface area contributed by atoms with E-state index in [1.165, 1.54) is 17.2 Å². The fourth-order valence-corrected chi connectivity index (χ4v) is 5.59. The Morgan fingerprint density at radius 2 is 1.90 bits per heavy atom. The van der Waals surface area contributed by atoms with Crippen molar-refractivity contribution in [3.8, 4) is 5.75 Å². The second-order valence-electron chi connectivity index (χ2n) is 9.51. The van der Waals surface area contributed by atoms with Gasteiger partial charge in [0.05, 0.1) is 17.3 Å². The van der Waals surface area contributed by atoms with Crippen molar-refractivity contribution in [1.29, 1.82) is 0 Å². The van der Waals surface area contributed by atoms with Crippen LogP contribution in [0.5, 0.6) is 5.75 Å². The van der Waals surface area contributed by atoms with Crippen molar-refractivity contribution in [3.63, 3.8) is 0 Å². The zero-order valence-electron chi connectivity index (χ0n) is 22.9. The number of Topliss-reactive ketones (excluding diaryl/α,β-unsaturated/α-hetero) is 1. The minimum absolute atomic E-state index is 0.0151. The summed E-state index contributed by atoms with van der Waals surface area (Å²) in [5.41, 5.74) is 2.80. The van der Waals surface area contributed by atoms with Crippen LogP contribution < -0.4 is 9.64 Å². The number of aliphatic hydroxyl groups excluding tert-OH is 1. The molecule has 1 fully saturated rings. The van der Waals surface area contributed by atoms with Crippen molar-refractivity contribution in [2.24, 2.45) is 0 Å². The fraction of sp³-hybridized carbons (Fsp3) is 0.156. The van der Waals surface area contributed by atoms with Crippen LogP contribution >= 0.6 is 11.3 Å². The SMILES string of the molecule is C=CCOC(=O)c1sc(N2C(=O)C(=O)C(=C(O)c3ccc(OCc4ccccc4)c(C)c3)[C@H]2c2cccnc2)nc1C. The first-order chi connectivity index (χ1) is 20.3. The van der Waals surface area contributed by atoms with Gasteiger partial charge in [-0.05, 0) is 54.8 Å². The molecule has 212 valence electrons. The minimum Gasteiger partial charge on any atom is -0.507 e. The van der Waals surface area contributed by atoms with Crippen molar-refractivity contribution >= 4 is 39.9 Å². The highest BCUT2D eigenvalue weighted by Crippen LogP contribution is 2.44. The van der Waals surface area contributed by atoms with Crippen LogP contribution in [-0.4, -0.2) is 39.3 Å². The number of carbonyl (C=O) groups excluding carboxylic acids is 3. The average Bonchev–Trinajstić information content (AvgIpc) is 3.52. The Labute approximate surface area is 246 Å². The summed E-state index contributed by atoms with van der Waals surface area (Å²) in [7, 11) is 0. The van der Waals surface area contributed by atoms with Crippen molar-refractivity contribution in [2.75, 3.05) is 11.5 Å². The lowest BCUT2D eigenvalue weighted by atomic mass is 9.96. The molecule has 10 heteroatoms. The molecule has 3 heterocycles. The van der Waals surface area contributed by atoms with Crippen LogP contribution in [0.2, 0.25) is 0 Å². The Bertz CT molecular complexity index is 1700. The molecule has 0 bridgehead atoms. The van der Waals surface area contributed by atoms with E-state index >= 15 is 0 Å². The van der Waals surface area contributed by atoms with Gasteiger partial charge in [-0.2, -0.15) is 0 Å². The van der Waals surface area contributed by atoms with Crippen LogP contribution in [0.1, 0.15) is 43.7 Å². The number of benzene rings is 2. The Hall–Kier alpha value is -5.09. The molecule has 5 rings (SSSR count). The van der Waals surface area contributed by atoms with Crippen molar-refractivity contribution in [2.45, 2.75) is 26.5 Å². The standard InChI is InChI=1S/C32H27N3O6S/c1-4-15-40-31(39)29-20(3)34-32(42-29)35-26(23-11-8-14-33-17-23)25(28(37)30(35)38)27(36)22-12-13-24(19(2)16-22)41-18-21-9-6-5-7-10-21/h4-14,16-17,26,36H,1,15,18H2,2-3H3/t26-/m1/s1. The predicted molar refractivity (Wildman–Crippen MR) is 158 cm³/mol. The number of thiazole rings is 1. The third-order valence-electron chi connectivity index (χ3n) is 6.64. The van der Waals surface area contributed by atoms with Gasteiger partial charge in [-0.1, -0.05) is 60.4 Å². The zero-order chi connectivity index (χ0) is 29.8. The Morgan fingerprint density at radius 1 is 1.12 bits per heavy atom. The van der Waals surface area contributed by atoms with E-state index < -0.39 is 23.7 Å². The van der Waals surface area contributed by atoms with Crippen LogP contribution in [0.25, 0.3) is 5.76 Å². The van der Waals surface area contributed by atoms with Crippen LogP contribution in [0.15, 0.2) is 91.3 Å². The quantitative estimate of drug-likeness (QED) is 0.0879. The second kappa shape index (κ2) is 12.2. The van der Waals surface area contributed by atoms with Gasteiger partial charge in [-0.3, -0.25) is 19.5 Å². The highest BCUT2D eigenvalue weighted by atomic mass is 32.1. The summed E-state index contributed by atoms with van der Waals surface area (Å²) in [6.45, 7) is 7.37. The normalized spacial score (nSPS) is 16.0. The highest BCUT2D eigenvalue weighted by Gasteiger charge is 2.48. The number of nitrogens with zero attached hydrogens (tertiary/aromatic N) is 3. The summed E-state index contributed by atoms with van der Waals surface area (Å²) in [5, 5.41) is 11.6. The molecule has 1 aliphatic rings. The first-order valence-corrected chi connectivity index (χ1v) is 13.9. The molecule has 0 radical (unpaired) electrons. The summed E-state index contributed by atoms with van der Waals surface area (Å²) in [5.74, 6) is -2.11. The number of esters is 1. The summed E-state index contributed by atoms with van der Waals surface area (Å²) >= 11 is 0.929. The Morgan fingerprint density at radius 3 is 2.60 bits per heavy atom. The van der Waals surface area contributed by atoms with Gasteiger partial charge in [0.25, 0.3) is 5.78 Å². The third kappa shape index (κ3) is 5.57. The van der Waals surface area contributed by atoms with Gasteiger partial charge in [-0.15, -0.1) is 0 Å². The summed E-state index contributed by atoms with van der Waals surface area (Å²) in [6.07, 6.45) is 4.52. The van der Waals surface area contributed by atoms with E-state index in [4.69, 9.17) is 9.47 Å². The fourth-order valence-electron chi connectivity index (χ4n) is 4.61. The molecule has 1 atom stereocenters. The molecule has 2 aromatic carbocycles. The number of hydrogen-bond donors (Lipinski definition) is 1. The first-order valence-electron chi connectivity index (χ1n) is 13.0. The molecule has 0 saturated carbocycles. The molecule has 9 nitrogen and oxygen atoms in total. The lowest BCUT2D eigenvalue weighted by molar-refractivity contribution is -0.132. The summed E-state index contributed by atoms with van der Waals surface area (Å²) in [6, 6.07) is 17.1. The minimum atomic E-state index is -1.03. The summed E-state index contributed by atoms with van der Waals surface area (Å²) in [4.78, 5) is 49.5. The number of ether oxygens (including phenoxy) is 2. The molecule has 0 spiro atoms. The molecule has 1 saturated heterocycles. The number of aliphatic hydroxyl groups is 1. The Balaban J connectivity index is 1.53. The number of aromatic nitrogens is 2. The maximum atomic E-state index is 13.5. The van der Waals surface area contributed by atoms with Crippen LogP contribution in [0, 0.1) is 13.8 Å². The highest BCUT2D eigenvalue weighted by molar-refractivity contribution is 7.17. The van der Waals surface area contributed by atoms with Crippen molar-refractivity contribution in [1.82, 2.24) is 9.97 Å². The number of amides is 1. The maximum absolute atomic E-state index is 13.5. The largest absolute Gasteiger partial charge is 0.507 e. The molecule has 4 aromatic rings. The van der Waals surface area contributed by atoms with Gasteiger partial charge in [0.15, 0.2) is 5.13 Å². The molecule has 0 aliphatic carbocycles. The second-order valence-corrected chi connectivity index (χ2v) is 10.5. The molecular formula is C32H27N3O6S. The van der Waals surface area contributed by atoms with E-state index in [1.807, 2.05) is 37.3 Å². The number of anilines is 1. The third-order valence-corrected chi connectivity index (χ3v) is 7.78. The molecular weight excluding hydrogens is 554 g/mol. The predicted octanol–water partition coefficient (Wildman–Crippen LogP) is 5.70. The molecule has 2 aromatic heterocycles. The van der Waals surface area contributed by atoms with Gasteiger partial charge >= 0.3 is 11.9 Å². The van der Waals surface area contributed by atoms with E-state index in [0.717, 1.165) is 22.5 Å². The van der Waals surface area contributed by atoms with Gasteiger partial charge < -0.3 is 14.6 Å². The van der Waals surface area contributed by atoms with Crippen LogP contribution in [0.4, 0.5) is 5.13 Å². The van der Waals surface area contributed by atoms with E-state index in [0.29, 0.717) is 29.2 Å². The first kappa shape index (κ1) is 28.4. The molecule has 0 unspecified atom stereocenters. The molecule has 1 aliphatic heterocycles. The zero-order valence-corrected chi connectivity index (χ0v) is 23.8. The summed E-state index contributed by atoms with van der Waals surface area (Å²) < 4.78 is 11.1. The molecule has 1 amide bonds. The van der Waals surface area contributed by atoms with Gasteiger partial charge in [0.2, 0.25) is 0 Å². The van der Waals surface area contributed by atoms with Crippen LogP contribution in [-0.2, 0) is 20.9 Å². The molecule has 1 N–H and O–H groups in total. The van der Waals surface area contributed by atoms with Gasteiger partial charge in [-0.25, -0.2) is 9.78 Å². The number of aryl methyl sites for hydroxylation is 2. The van der Waals surface area contributed by atoms with Crippen molar-refractivity contribution < 1.29 is 29.0 Å². The van der Waals surface area contributed by atoms with E-state index in [9.17, 15) is 19.5 Å². The van der Waals surface area contributed by atoms with E-state index in [2.05, 4.69) is 16.5 Å². The number of ketones is 1. The number of carbonyl (C=O) groups is 3. The van der Waals surface area contributed by atoms with Gasteiger partial charge in [0.1, 0.15) is 29.6 Å². The lowest BCUT2D eigenvalue weighted by Crippen LogP contribution is -2.29. The van der Waals surface area contributed by atoms with Crippen LogP contribution in [0.3, 0.4) is 0 Å². The Kier molecular flexibility index (Phi) is 8.26. The number of rotatable bonds is 9. The van der Waals surface area contributed by atoms with E-state index in [1.54, 1.807) is 43.5 Å². The average molecular weight is 582 g/mol. The smallest absolute Gasteiger partial charge is 0.350 e. The van der Waals surface area contributed by atoms with E-state index in [-0.39, 0.29) is 27.9 Å². The topological polar surface area (TPSA) is 119 Å². The lowest BCUT2D eigenvalue weighted by Gasteiger charge is -2.22. The number of pyridine rings is 1. The number of hydrogen-bond acceptors (Lipinski definition) is 9. The monoisotopic (exact) mass is 581 g/mol.